The summed E-state index contributed by atoms with van der Waals surface area (Å²) in [6.07, 6.45) is 1.59. The van der Waals surface area contributed by atoms with Crippen molar-refractivity contribution >= 4 is 37.9 Å². The Kier molecular flexibility index (Phi) is 3.94. The Labute approximate surface area is 141 Å². The maximum atomic E-state index is 12.8. The van der Waals surface area contributed by atoms with Crippen LogP contribution in [0.4, 0.5) is 5.69 Å². The van der Waals surface area contributed by atoms with E-state index >= 15 is 0 Å². The number of phenolic OH excluding ortho intramolecular Hbond substituents is 2. The van der Waals surface area contributed by atoms with Gasteiger partial charge in [-0.1, -0.05) is 0 Å². The van der Waals surface area contributed by atoms with Crippen LogP contribution < -0.4 is 4.90 Å². The molecule has 0 aliphatic carbocycles. The van der Waals surface area contributed by atoms with E-state index < -0.39 is 0 Å². The third-order valence-corrected chi connectivity index (χ3v) is 4.54. The number of rotatable bonds is 2. The Morgan fingerprint density at radius 3 is 2.43 bits per heavy atom. The monoisotopic (exact) mass is 374 g/mol. The molecule has 1 aliphatic heterocycles. The number of amides is 1. The van der Waals surface area contributed by atoms with Gasteiger partial charge in [0, 0.05) is 0 Å². The van der Waals surface area contributed by atoms with Gasteiger partial charge in [-0.05, 0) is 0 Å². The van der Waals surface area contributed by atoms with Crippen LogP contribution in [0.1, 0.15) is 5.56 Å². The van der Waals surface area contributed by atoms with E-state index in [1.165, 1.54) is 12.1 Å². The number of nitrogens with zero attached hydrogens (tertiary/aromatic N) is 2. The molecule has 1 saturated heterocycles. The van der Waals surface area contributed by atoms with Crippen molar-refractivity contribution in [3.8, 4) is 11.5 Å². The summed E-state index contributed by atoms with van der Waals surface area (Å²) in [4.78, 5) is 16.1. The fourth-order valence-corrected chi connectivity index (χ4v) is 2.96. The Hall–Kier alpha value is -2.56. The van der Waals surface area contributed by atoms with E-state index in [2.05, 4.69) is 15.6 Å². The van der Waals surface area contributed by atoms with Crippen molar-refractivity contribution in [2.75, 3.05) is 11.9 Å². The fourth-order valence-electron chi connectivity index (χ4n) is 2.36. The van der Waals surface area contributed by atoms with Gasteiger partial charge in [-0.25, -0.2) is 0 Å². The van der Waals surface area contributed by atoms with Crippen LogP contribution in [-0.4, -0.2) is 48.3 Å². The molecular weight excluding hydrogens is 359 g/mol. The van der Waals surface area contributed by atoms with Crippen LogP contribution >= 0.6 is 0 Å². The Balaban J connectivity index is 2.02. The van der Waals surface area contributed by atoms with Crippen LogP contribution in [0.3, 0.4) is 0 Å². The Morgan fingerprint density at radius 2 is 1.78 bits per heavy atom. The molecule has 5 nitrogen and oxygen atoms in total. The zero-order valence-corrected chi connectivity index (χ0v) is 14.0. The molecule has 1 fully saturated rings. The van der Waals surface area contributed by atoms with Gasteiger partial charge in [-0.2, -0.15) is 0 Å². The molecule has 1 amide bonds. The summed E-state index contributed by atoms with van der Waals surface area (Å²) in [6.45, 7) is 0. The average molecular weight is 373 g/mol. The topological polar surface area (TPSA) is 64.0 Å². The van der Waals surface area contributed by atoms with Gasteiger partial charge in [0.2, 0.25) is 0 Å². The van der Waals surface area contributed by atoms with Crippen LogP contribution in [0.15, 0.2) is 54.2 Å². The van der Waals surface area contributed by atoms with Crippen molar-refractivity contribution in [1.82, 2.24) is 4.90 Å². The predicted molar refractivity (Wildman–Crippen MR) is 90.2 cm³/mol. The molecule has 0 aromatic heterocycles. The fraction of sp³-hybridized carbons (Fsp3) is 0.0588. The zero-order valence-electron chi connectivity index (χ0n) is 12.3. The van der Waals surface area contributed by atoms with Crippen molar-refractivity contribution in [1.29, 1.82) is 0 Å². The number of likely N-dealkylation sites (N-methyl/N-ethyl adjacent to an activating group) is 1. The summed E-state index contributed by atoms with van der Waals surface area (Å²) in [5.41, 5.74) is 1.64. The van der Waals surface area contributed by atoms with Crippen molar-refractivity contribution in [3.63, 3.8) is 0 Å². The zero-order chi connectivity index (χ0) is 16.6. The van der Waals surface area contributed by atoms with E-state index in [-0.39, 0.29) is 17.4 Å². The molecule has 0 atom stereocenters. The number of para-hydroxylation sites is 1. The third kappa shape index (κ3) is 2.74. The normalized spacial score (nSPS) is 16.5. The first kappa shape index (κ1) is 15.3. The van der Waals surface area contributed by atoms with Crippen molar-refractivity contribution < 1.29 is 15.0 Å². The van der Waals surface area contributed by atoms with E-state index in [1.54, 1.807) is 29.0 Å². The van der Waals surface area contributed by atoms with Gasteiger partial charge in [0.1, 0.15) is 0 Å². The van der Waals surface area contributed by atoms with Crippen molar-refractivity contribution in [2.45, 2.75) is 0 Å². The summed E-state index contributed by atoms with van der Waals surface area (Å²) in [5.74, 6) is -0.309. The summed E-state index contributed by atoms with van der Waals surface area (Å²) < 4.78 is 0.658. The molecule has 0 unspecified atom stereocenters. The molecule has 0 saturated carbocycles. The van der Waals surface area contributed by atoms with Crippen LogP contribution in [0.2, 0.25) is 0 Å². The molecule has 116 valence electrons. The molecule has 2 aromatic carbocycles. The predicted octanol–water partition coefficient (Wildman–Crippen LogP) is 1.67. The second-order valence-electron chi connectivity index (χ2n) is 5.09. The number of carbonyl (C=O) groups excluding carboxylic acids is 1. The number of carbonyl (C=O) groups is 1. The van der Waals surface area contributed by atoms with Gasteiger partial charge in [-0.3, -0.25) is 0 Å². The number of phenols is 2. The summed E-state index contributed by atoms with van der Waals surface area (Å²) >= 11 is 2.91. The summed E-state index contributed by atoms with van der Waals surface area (Å²) in [5, 5.41) is 19.3. The Morgan fingerprint density at radius 1 is 1.09 bits per heavy atom. The van der Waals surface area contributed by atoms with Crippen LogP contribution in [-0.2, 0) is 4.79 Å². The first-order valence-corrected chi connectivity index (χ1v) is 7.75. The second-order valence-corrected chi connectivity index (χ2v) is 5.86. The minimum absolute atomic E-state index is 0.0299. The van der Waals surface area contributed by atoms with E-state index in [4.69, 9.17) is 0 Å². The quantitative estimate of drug-likeness (QED) is 0.621. The van der Waals surface area contributed by atoms with Crippen LogP contribution in [0, 0.1) is 0 Å². The molecular formula is C17H14N2O3Se. The van der Waals surface area contributed by atoms with E-state index in [0.717, 1.165) is 5.69 Å². The maximum absolute atomic E-state index is 12.8. The molecule has 6 heteroatoms. The number of hydrogen-bond acceptors (Lipinski definition) is 4. The van der Waals surface area contributed by atoms with Gasteiger partial charge < -0.3 is 0 Å². The van der Waals surface area contributed by atoms with Crippen LogP contribution in [0.25, 0.3) is 6.08 Å². The number of benzene rings is 2. The first-order chi connectivity index (χ1) is 11.0. The molecule has 1 heterocycles. The first-order valence-electron chi connectivity index (χ1n) is 6.90. The van der Waals surface area contributed by atoms with Gasteiger partial charge in [0.05, 0.1) is 0 Å². The van der Waals surface area contributed by atoms with E-state index in [0.29, 0.717) is 15.9 Å². The molecule has 3 rings (SSSR count). The minimum atomic E-state index is -0.195. The molecule has 0 bridgehead atoms. The van der Waals surface area contributed by atoms with Crippen LogP contribution in [0.5, 0.6) is 11.5 Å². The Bertz CT molecular complexity index is 818. The van der Waals surface area contributed by atoms with Gasteiger partial charge in [0.15, 0.2) is 0 Å². The van der Waals surface area contributed by atoms with Crippen molar-refractivity contribution in [2.24, 2.45) is 0 Å². The molecule has 2 aromatic rings. The molecule has 1 aliphatic rings. The number of hydrogen-bond donors (Lipinski definition) is 2. The molecule has 2 N–H and O–H groups in total. The number of anilines is 1. The van der Waals surface area contributed by atoms with Crippen molar-refractivity contribution in [3.05, 3.63) is 59.8 Å². The third-order valence-electron chi connectivity index (χ3n) is 3.58. The van der Waals surface area contributed by atoms with Gasteiger partial charge in [-0.15, -0.1) is 0 Å². The average Bonchev–Trinajstić information content (AvgIpc) is 2.74. The molecule has 23 heavy (non-hydrogen) atoms. The standard InChI is InChI=1S/C17H14N2O3Se/c1-18-14(9-11-7-8-13(20)10-15(11)21)16(22)19(17(18)23)12-5-3-2-4-6-12/h2-10,20-21H,1H3. The summed E-state index contributed by atoms with van der Waals surface area (Å²) in [6, 6.07) is 13.6. The van der Waals surface area contributed by atoms with E-state index in [9.17, 15) is 15.0 Å². The SMILES string of the molecule is CN1C(=[Se])N(c2ccccc2)C(=O)C1=Cc1ccc(O)cc1O. The molecule has 0 spiro atoms. The molecule has 0 radical (unpaired) electrons. The second kappa shape index (κ2) is 5.91. The number of aromatic hydroxyl groups is 2. The summed E-state index contributed by atoms with van der Waals surface area (Å²) in [7, 11) is 1.77. The van der Waals surface area contributed by atoms with E-state index in [1.807, 2.05) is 30.3 Å². The van der Waals surface area contributed by atoms with Gasteiger partial charge >= 0.3 is 141 Å². The van der Waals surface area contributed by atoms with Gasteiger partial charge in [0.25, 0.3) is 0 Å².